The predicted molar refractivity (Wildman–Crippen MR) is 93.4 cm³/mol. The first-order valence-electron chi connectivity index (χ1n) is 7.06. The molecule has 0 unspecified atom stereocenters. The second-order valence-corrected chi connectivity index (χ2v) is 4.79. The smallest absolute Gasteiger partial charge is 0.194 e. The highest BCUT2D eigenvalue weighted by Gasteiger charge is 2.15. The van der Waals surface area contributed by atoms with Crippen LogP contribution in [0, 0.1) is 0 Å². The standard InChI is InChI=1S/C15H23N3O.HI/c1-2-16-15(18-9-5-6-10-18)17-11-13-7-3-4-8-14(13)12-19;/h3-4,7-8,19H,2,5-6,9-12H2,1H3,(H,16,17);1H. The van der Waals surface area contributed by atoms with Crippen LogP contribution in [0.15, 0.2) is 29.3 Å². The Hall–Kier alpha value is -0.820. The predicted octanol–water partition coefficient (Wildman–Crippen LogP) is 2.36. The van der Waals surface area contributed by atoms with Crippen LogP contribution < -0.4 is 5.32 Å². The van der Waals surface area contributed by atoms with Crippen LogP contribution in [0.1, 0.15) is 30.9 Å². The van der Waals surface area contributed by atoms with Gasteiger partial charge in [-0.25, -0.2) is 4.99 Å². The fourth-order valence-corrected chi connectivity index (χ4v) is 2.38. The van der Waals surface area contributed by atoms with Gasteiger partial charge in [-0.3, -0.25) is 0 Å². The summed E-state index contributed by atoms with van der Waals surface area (Å²) in [4.78, 5) is 7.01. The summed E-state index contributed by atoms with van der Waals surface area (Å²) in [6.07, 6.45) is 2.50. The number of aliphatic hydroxyl groups excluding tert-OH is 1. The zero-order chi connectivity index (χ0) is 13.5. The highest BCUT2D eigenvalue weighted by Crippen LogP contribution is 2.12. The van der Waals surface area contributed by atoms with Gasteiger partial charge in [0.1, 0.15) is 0 Å². The number of aliphatic imine (C=N–C) groups is 1. The molecule has 1 aromatic carbocycles. The van der Waals surface area contributed by atoms with Gasteiger partial charge in [-0.15, -0.1) is 24.0 Å². The van der Waals surface area contributed by atoms with Crippen molar-refractivity contribution < 1.29 is 5.11 Å². The molecule has 0 aromatic heterocycles. The molecular formula is C15H24IN3O. The van der Waals surface area contributed by atoms with E-state index in [0.29, 0.717) is 6.54 Å². The van der Waals surface area contributed by atoms with Crippen LogP contribution in [0.3, 0.4) is 0 Å². The molecule has 0 radical (unpaired) electrons. The van der Waals surface area contributed by atoms with Gasteiger partial charge >= 0.3 is 0 Å². The van der Waals surface area contributed by atoms with E-state index in [9.17, 15) is 5.11 Å². The summed E-state index contributed by atoms with van der Waals surface area (Å²) in [6, 6.07) is 7.92. The number of guanidine groups is 1. The molecule has 112 valence electrons. The van der Waals surface area contributed by atoms with Crippen molar-refractivity contribution >= 4 is 29.9 Å². The molecule has 5 heteroatoms. The number of hydrogen-bond donors (Lipinski definition) is 2. The Labute approximate surface area is 138 Å². The van der Waals surface area contributed by atoms with Crippen LogP contribution in [-0.4, -0.2) is 35.6 Å². The average Bonchev–Trinajstić information content (AvgIpc) is 2.97. The van der Waals surface area contributed by atoms with Gasteiger partial charge in [-0.1, -0.05) is 24.3 Å². The third-order valence-electron chi connectivity index (χ3n) is 3.43. The molecule has 1 saturated heterocycles. The van der Waals surface area contributed by atoms with Gasteiger partial charge in [-0.2, -0.15) is 0 Å². The first kappa shape index (κ1) is 17.2. The highest BCUT2D eigenvalue weighted by molar-refractivity contribution is 14.0. The van der Waals surface area contributed by atoms with Crippen molar-refractivity contribution in [3.63, 3.8) is 0 Å². The maximum atomic E-state index is 9.32. The SMILES string of the molecule is CCNC(=NCc1ccccc1CO)N1CCCC1.I. The van der Waals surface area contributed by atoms with Gasteiger partial charge in [-0.05, 0) is 30.9 Å². The Morgan fingerprint density at radius 2 is 1.90 bits per heavy atom. The van der Waals surface area contributed by atoms with Crippen molar-refractivity contribution in [1.82, 2.24) is 10.2 Å². The minimum atomic E-state index is 0. The van der Waals surface area contributed by atoms with Crippen LogP contribution in [0.5, 0.6) is 0 Å². The van der Waals surface area contributed by atoms with E-state index in [4.69, 9.17) is 4.99 Å². The van der Waals surface area contributed by atoms with Gasteiger partial charge < -0.3 is 15.3 Å². The molecule has 1 aliphatic rings. The number of likely N-dealkylation sites (tertiary alicyclic amines) is 1. The molecule has 4 nitrogen and oxygen atoms in total. The minimum absolute atomic E-state index is 0. The topological polar surface area (TPSA) is 47.9 Å². The summed E-state index contributed by atoms with van der Waals surface area (Å²) in [5.74, 6) is 0.993. The first-order chi connectivity index (χ1) is 9.35. The Balaban J connectivity index is 0.00000200. The number of rotatable bonds is 4. The van der Waals surface area contributed by atoms with Crippen molar-refractivity contribution in [2.75, 3.05) is 19.6 Å². The lowest BCUT2D eigenvalue weighted by Gasteiger charge is -2.20. The monoisotopic (exact) mass is 389 g/mol. The number of hydrogen-bond acceptors (Lipinski definition) is 2. The van der Waals surface area contributed by atoms with Crippen molar-refractivity contribution in [3.05, 3.63) is 35.4 Å². The van der Waals surface area contributed by atoms with Gasteiger partial charge in [0.05, 0.1) is 13.2 Å². The molecule has 1 aromatic rings. The number of halogens is 1. The Bertz CT molecular complexity index is 431. The minimum Gasteiger partial charge on any atom is -0.392 e. The summed E-state index contributed by atoms with van der Waals surface area (Å²) >= 11 is 0. The second kappa shape index (κ2) is 9.18. The zero-order valence-electron chi connectivity index (χ0n) is 12.0. The van der Waals surface area contributed by atoms with Gasteiger partial charge in [0.2, 0.25) is 0 Å². The fraction of sp³-hybridized carbons (Fsp3) is 0.533. The maximum Gasteiger partial charge on any atom is 0.194 e. The van der Waals surface area contributed by atoms with E-state index in [0.717, 1.165) is 36.7 Å². The molecule has 2 N–H and O–H groups in total. The van der Waals surface area contributed by atoms with E-state index in [-0.39, 0.29) is 30.6 Å². The molecular weight excluding hydrogens is 365 g/mol. The molecule has 1 fully saturated rings. The van der Waals surface area contributed by atoms with E-state index in [1.54, 1.807) is 0 Å². The van der Waals surface area contributed by atoms with Crippen molar-refractivity contribution in [1.29, 1.82) is 0 Å². The van der Waals surface area contributed by atoms with Crippen LogP contribution in [0.25, 0.3) is 0 Å². The fourth-order valence-electron chi connectivity index (χ4n) is 2.38. The largest absolute Gasteiger partial charge is 0.392 e. The average molecular weight is 389 g/mol. The second-order valence-electron chi connectivity index (χ2n) is 4.79. The van der Waals surface area contributed by atoms with Crippen LogP contribution in [-0.2, 0) is 13.2 Å². The zero-order valence-corrected chi connectivity index (χ0v) is 14.3. The lowest BCUT2D eigenvalue weighted by Crippen LogP contribution is -2.39. The summed E-state index contributed by atoms with van der Waals surface area (Å²) in [5, 5.41) is 12.7. The third kappa shape index (κ3) is 4.63. The summed E-state index contributed by atoms with van der Waals surface area (Å²) in [7, 11) is 0. The van der Waals surface area contributed by atoms with Crippen LogP contribution in [0.4, 0.5) is 0 Å². The molecule has 20 heavy (non-hydrogen) atoms. The van der Waals surface area contributed by atoms with Crippen molar-refractivity contribution in [2.45, 2.75) is 32.9 Å². The molecule has 0 atom stereocenters. The molecule has 1 aliphatic heterocycles. The lowest BCUT2D eigenvalue weighted by atomic mass is 10.1. The normalized spacial score (nSPS) is 15.1. The quantitative estimate of drug-likeness (QED) is 0.472. The third-order valence-corrected chi connectivity index (χ3v) is 3.43. The Morgan fingerprint density at radius 3 is 2.50 bits per heavy atom. The van der Waals surface area contributed by atoms with Crippen LogP contribution >= 0.6 is 24.0 Å². The van der Waals surface area contributed by atoms with E-state index in [2.05, 4.69) is 17.1 Å². The van der Waals surface area contributed by atoms with E-state index in [1.165, 1.54) is 12.8 Å². The lowest BCUT2D eigenvalue weighted by molar-refractivity contribution is 0.280. The number of nitrogens with one attached hydrogen (secondary N) is 1. The molecule has 0 bridgehead atoms. The molecule has 0 saturated carbocycles. The van der Waals surface area contributed by atoms with Crippen LogP contribution in [0.2, 0.25) is 0 Å². The summed E-state index contributed by atoms with van der Waals surface area (Å²) < 4.78 is 0. The van der Waals surface area contributed by atoms with Crippen molar-refractivity contribution in [3.8, 4) is 0 Å². The van der Waals surface area contributed by atoms with E-state index < -0.39 is 0 Å². The van der Waals surface area contributed by atoms with Gasteiger partial charge in [0.15, 0.2) is 5.96 Å². The summed E-state index contributed by atoms with van der Waals surface area (Å²) in [5.41, 5.74) is 2.06. The van der Waals surface area contributed by atoms with Gasteiger partial charge in [0.25, 0.3) is 0 Å². The first-order valence-corrected chi connectivity index (χ1v) is 7.06. The molecule has 0 spiro atoms. The number of benzene rings is 1. The number of aliphatic hydroxyl groups is 1. The summed E-state index contributed by atoms with van der Waals surface area (Å²) in [6.45, 7) is 5.85. The molecule has 2 rings (SSSR count). The van der Waals surface area contributed by atoms with E-state index in [1.807, 2.05) is 24.3 Å². The maximum absolute atomic E-state index is 9.32. The number of nitrogens with zero attached hydrogens (tertiary/aromatic N) is 2. The Morgan fingerprint density at radius 1 is 1.25 bits per heavy atom. The Kier molecular flexibility index (Phi) is 7.91. The van der Waals surface area contributed by atoms with E-state index >= 15 is 0 Å². The molecule has 1 heterocycles. The highest BCUT2D eigenvalue weighted by atomic mass is 127. The van der Waals surface area contributed by atoms with Crippen molar-refractivity contribution in [2.24, 2.45) is 4.99 Å². The van der Waals surface area contributed by atoms with Gasteiger partial charge in [0, 0.05) is 19.6 Å². The molecule has 0 aliphatic carbocycles. The molecule has 0 amide bonds.